The van der Waals surface area contributed by atoms with E-state index in [1.54, 1.807) is 0 Å². The van der Waals surface area contributed by atoms with Crippen molar-refractivity contribution in [3.63, 3.8) is 0 Å². The largest absolute Gasteiger partial charge is 0.586 e. The SMILES string of the molecule is [B-][N+](C)(C)C(CC=C)c1ccccc1. The fourth-order valence-corrected chi connectivity index (χ4v) is 1.63. The molecule has 0 bridgehead atoms. The topological polar surface area (TPSA) is 0 Å². The van der Waals surface area contributed by atoms with Crippen LogP contribution in [-0.2, 0) is 0 Å². The van der Waals surface area contributed by atoms with Crippen molar-refractivity contribution < 1.29 is 4.39 Å². The minimum atomic E-state index is 0.286. The molecule has 0 saturated carbocycles. The Morgan fingerprint density at radius 1 is 1.36 bits per heavy atom. The van der Waals surface area contributed by atoms with Gasteiger partial charge in [0.1, 0.15) is 0 Å². The number of nitrogens with zero attached hydrogens (tertiary/aromatic N) is 1. The third-order valence-corrected chi connectivity index (χ3v) is 2.38. The average molecular weight is 186 g/mol. The van der Waals surface area contributed by atoms with Crippen molar-refractivity contribution >= 4 is 7.98 Å². The van der Waals surface area contributed by atoms with E-state index in [1.165, 1.54) is 5.56 Å². The van der Waals surface area contributed by atoms with E-state index in [0.717, 1.165) is 6.42 Å². The number of rotatable bonds is 4. The van der Waals surface area contributed by atoms with Crippen LogP contribution in [0, 0.1) is 0 Å². The average Bonchev–Trinajstić information content (AvgIpc) is 2.14. The zero-order valence-electron chi connectivity index (χ0n) is 8.98. The van der Waals surface area contributed by atoms with Crippen LogP contribution in [0.25, 0.3) is 0 Å². The Bertz CT molecular complexity index is 287. The van der Waals surface area contributed by atoms with Crippen LogP contribution in [-0.4, -0.2) is 26.5 Å². The molecule has 0 heterocycles. The second-order valence-corrected chi connectivity index (χ2v) is 4.08. The quantitative estimate of drug-likeness (QED) is 0.500. The third kappa shape index (κ3) is 2.74. The molecule has 0 aliphatic rings. The van der Waals surface area contributed by atoms with Gasteiger partial charge in [-0.3, -0.25) is 0 Å². The summed E-state index contributed by atoms with van der Waals surface area (Å²) in [6.45, 7) is 3.77. The number of hydrogen-bond donors (Lipinski definition) is 0. The molecule has 1 unspecified atom stereocenters. The van der Waals surface area contributed by atoms with Gasteiger partial charge in [-0.15, -0.1) is 6.58 Å². The van der Waals surface area contributed by atoms with Crippen LogP contribution >= 0.6 is 0 Å². The Balaban J connectivity index is 2.95. The second kappa shape index (κ2) is 4.47. The van der Waals surface area contributed by atoms with Gasteiger partial charge in [0.25, 0.3) is 0 Å². The molecule has 0 spiro atoms. The molecular weight excluding hydrogens is 169 g/mol. The van der Waals surface area contributed by atoms with Gasteiger partial charge < -0.3 is 4.39 Å². The van der Waals surface area contributed by atoms with E-state index in [1.807, 2.05) is 38.4 Å². The minimum Gasteiger partial charge on any atom is -0.586 e. The lowest BCUT2D eigenvalue weighted by molar-refractivity contribution is -0.808. The standard InChI is InChI=1S/C12H17BN/c1-4-8-12(14(2,3)13)11-9-6-5-7-10-11/h4-7,9-10,12H,1,8H2,2-3H3. The summed E-state index contributed by atoms with van der Waals surface area (Å²) in [5.41, 5.74) is 1.26. The van der Waals surface area contributed by atoms with Gasteiger partial charge >= 0.3 is 0 Å². The Hall–Kier alpha value is -1.02. The molecule has 0 N–H and O–H groups in total. The highest BCUT2D eigenvalue weighted by molar-refractivity contribution is 5.97. The van der Waals surface area contributed by atoms with E-state index in [4.69, 9.17) is 7.98 Å². The van der Waals surface area contributed by atoms with Gasteiger partial charge in [-0.25, -0.2) is 7.98 Å². The first-order chi connectivity index (χ1) is 6.55. The fourth-order valence-electron chi connectivity index (χ4n) is 1.63. The lowest BCUT2D eigenvalue weighted by Crippen LogP contribution is -2.40. The molecule has 0 aliphatic heterocycles. The van der Waals surface area contributed by atoms with Crippen LogP contribution < -0.4 is 0 Å². The lowest BCUT2D eigenvalue weighted by Gasteiger charge is -2.48. The summed E-state index contributed by atoms with van der Waals surface area (Å²) in [7, 11) is 10.1. The van der Waals surface area contributed by atoms with Gasteiger partial charge in [0.15, 0.2) is 0 Å². The molecule has 0 amide bonds. The molecular formula is C12H17BN. The van der Waals surface area contributed by atoms with E-state index in [9.17, 15) is 0 Å². The minimum absolute atomic E-state index is 0.286. The smallest absolute Gasteiger partial charge is 0.0714 e. The molecule has 1 nitrogen and oxygen atoms in total. The van der Waals surface area contributed by atoms with Crippen molar-refractivity contribution in [2.75, 3.05) is 14.1 Å². The zero-order chi connectivity index (χ0) is 10.6. The maximum absolute atomic E-state index is 6.09. The maximum Gasteiger partial charge on any atom is 0.0714 e. The summed E-state index contributed by atoms with van der Waals surface area (Å²) in [5, 5.41) is 0. The van der Waals surface area contributed by atoms with Crippen LogP contribution in [0.3, 0.4) is 0 Å². The van der Waals surface area contributed by atoms with Gasteiger partial charge in [0.05, 0.1) is 6.04 Å². The highest BCUT2D eigenvalue weighted by atomic mass is 15.2. The summed E-state index contributed by atoms with van der Waals surface area (Å²) in [5.74, 6) is 0. The van der Waals surface area contributed by atoms with E-state index in [0.29, 0.717) is 4.39 Å². The molecule has 3 radical (unpaired) electrons. The first-order valence-corrected chi connectivity index (χ1v) is 4.83. The monoisotopic (exact) mass is 186 g/mol. The molecule has 1 aromatic carbocycles. The Morgan fingerprint density at radius 3 is 2.36 bits per heavy atom. The Morgan fingerprint density at radius 2 is 1.93 bits per heavy atom. The van der Waals surface area contributed by atoms with Crippen molar-refractivity contribution in [2.24, 2.45) is 0 Å². The van der Waals surface area contributed by atoms with Gasteiger partial charge in [0.2, 0.25) is 0 Å². The molecule has 14 heavy (non-hydrogen) atoms. The fraction of sp³-hybridized carbons (Fsp3) is 0.333. The third-order valence-electron chi connectivity index (χ3n) is 2.38. The molecule has 0 saturated heterocycles. The van der Waals surface area contributed by atoms with Crippen LogP contribution in [0.5, 0.6) is 0 Å². The van der Waals surface area contributed by atoms with Gasteiger partial charge in [-0.05, 0) is 0 Å². The van der Waals surface area contributed by atoms with Crippen LogP contribution in [0.1, 0.15) is 18.0 Å². The van der Waals surface area contributed by atoms with Crippen molar-refractivity contribution in [1.82, 2.24) is 0 Å². The highest BCUT2D eigenvalue weighted by Gasteiger charge is 2.15. The first kappa shape index (κ1) is 11.1. The molecule has 0 fully saturated rings. The summed E-state index contributed by atoms with van der Waals surface area (Å²) in [6.07, 6.45) is 2.82. The van der Waals surface area contributed by atoms with Crippen molar-refractivity contribution in [2.45, 2.75) is 12.5 Å². The normalized spacial score (nSPS) is 13.6. The van der Waals surface area contributed by atoms with Crippen LogP contribution in [0.2, 0.25) is 0 Å². The lowest BCUT2D eigenvalue weighted by atomic mass is 9.97. The van der Waals surface area contributed by atoms with Crippen molar-refractivity contribution in [1.29, 1.82) is 0 Å². The highest BCUT2D eigenvalue weighted by Crippen LogP contribution is 2.26. The Labute approximate surface area is 88.1 Å². The predicted octanol–water partition coefficient (Wildman–Crippen LogP) is 2.46. The van der Waals surface area contributed by atoms with E-state index in [2.05, 4.69) is 18.7 Å². The molecule has 1 atom stereocenters. The Kier molecular flexibility index (Phi) is 3.53. The van der Waals surface area contributed by atoms with Crippen molar-refractivity contribution in [3.8, 4) is 0 Å². The van der Waals surface area contributed by atoms with Crippen molar-refractivity contribution in [3.05, 3.63) is 48.6 Å². The predicted molar refractivity (Wildman–Crippen MR) is 61.9 cm³/mol. The summed E-state index contributed by atoms with van der Waals surface area (Å²) in [6, 6.07) is 10.6. The molecule has 2 heteroatoms. The number of hydrogen-bond acceptors (Lipinski definition) is 0. The van der Waals surface area contributed by atoms with Crippen LogP contribution in [0.15, 0.2) is 43.0 Å². The number of quaternary nitrogens is 1. The molecule has 0 aromatic heterocycles. The molecule has 1 rings (SSSR count). The first-order valence-electron chi connectivity index (χ1n) is 4.83. The number of benzene rings is 1. The van der Waals surface area contributed by atoms with E-state index >= 15 is 0 Å². The van der Waals surface area contributed by atoms with Crippen LogP contribution in [0.4, 0.5) is 0 Å². The zero-order valence-corrected chi connectivity index (χ0v) is 8.98. The molecule has 0 aliphatic carbocycles. The van der Waals surface area contributed by atoms with Gasteiger partial charge in [-0.2, -0.15) is 0 Å². The molecule has 73 valence electrons. The second-order valence-electron chi connectivity index (χ2n) is 4.08. The maximum atomic E-state index is 6.09. The summed E-state index contributed by atoms with van der Waals surface area (Å²) < 4.78 is 0.441. The van der Waals surface area contributed by atoms with E-state index in [-0.39, 0.29) is 6.04 Å². The molecule has 1 aromatic rings. The summed E-state index contributed by atoms with van der Waals surface area (Å²) >= 11 is 0. The van der Waals surface area contributed by atoms with Gasteiger partial charge in [0, 0.05) is 26.1 Å². The van der Waals surface area contributed by atoms with E-state index < -0.39 is 0 Å². The summed E-state index contributed by atoms with van der Waals surface area (Å²) in [4.78, 5) is 0. The van der Waals surface area contributed by atoms with Gasteiger partial charge in [-0.1, -0.05) is 36.4 Å².